The Morgan fingerprint density at radius 1 is 0.897 bits per heavy atom. The summed E-state index contributed by atoms with van der Waals surface area (Å²) in [5.41, 5.74) is 0.569. The van der Waals surface area contributed by atoms with Gasteiger partial charge in [-0.15, -0.1) is 0 Å². The summed E-state index contributed by atoms with van der Waals surface area (Å²) in [6.45, 7) is 7.22. The van der Waals surface area contributed by atoms with Gasteiger partial charge in [-0.05, 0) is 42.8 Å². The molecule has 0 aromatic heterocycles. The first-order chi connectivity index (χ1) is 13.9. The molecular weight excluding hydrogens is 386 g/mol. The van der Waals surface area contributed by atoms with Gasteiger partial charge in [0.1, 0.15) is 5.71 Å². The lowest BCUT2D eigenvalue weighted by molar-refractivity contribution is -0.152. The molecular formula is C23H27NO4S. The summed E-state index contributed by atoms with van der Waals surface area (Å²) in [5, 5.41) is 3.59. The van der Waals surface area contributed by atoms with E-state index in [4.69, 9.17) is 0 Å². The predicted molar refractivity (Wildman–Crippen MR) is 116 cm³/mol. The number of ketones is 2. The van der Waals surface area contributed by atoms with Crippen LogP contribution in [0.1, 0.15) is 57.3 Å². The predicted octanol–water partition coefficient (Wildman–Crippen LogP) is 5.73. The highest BCUT2D eigenvalue weighted by Crippen LogP contribution is 2.27. The molecule has 0 amide bonds. The van der Waals surface area contributed by atoms with E-state index in [0.29, 0.717) is 18.4 Å². The molecule has 0 radical (unpaired) electrons. The van der Waals surface area contributed by atoms with Crippen molar-refractivity contribution in [1.82, 2.24) is 0 Å². The number of hydrogen-bond donors (Lipinski definition) is 0. The van der Waals surface area contributed by atoms with E-state index in [-0.39, 0.29) is 11.5 Å². The van der Waals surface area contributed by atoms with E-state index in [1.54, 1.807) is 23.9 Å². The first-order valence-electron chi connectivity index (χ1n) is 9.59. The summed E-state index contributed by atoms with van der Waals surface area (Å²) in [4.78, 5) is 41.4. The summed E-state index contributed by atoms with van der Waals surface area (Å²) in [6.07, 6.45) is 2.26. The second-order valence-corrected chi connectivity index (χ2v) is 7.35. The highest BCUT2D eigenvalue weighted by Gasteiger charge is 2.16. The van der Waals surface area contributed by atoms with Crippen LogP contribution < -0.4 is 0 Å². The van der Waals surface area contributed by atoms with Crippen LogP contribution in [0.15, 0.2) is 69.5 Å². The maximum absolute atomic E-state index is 12.6. The Bertz CT molecular complexity index is 830. The quantitative estimate of drug-likeness (QED) is 0.182. The van der Waals surface area contributed by atoms with Gasteiger partial charge in [0, 0.05) is 22.3 Å². The van der Waals surface area contributed by atoms with E-state index in [2.05, 4.69) is 23.8 Å². The fourth-order valence-corrected chi connectivity index (χ4v) is 2.90. The number of carbonyl (C=O) groups is 3. The number of Topliss-reactive ketones (excluding diaryl/α,β-unsaturated/α-hetero) is 2. The van der Waals surface area contributed by atoms with Crippen LogP contribution in [0.5, 0.6) is 0 Å². The van der Waals surface area contributed by atoms with E-state index in [1.807, 2.05) is 49.4 Å². The van der Waals surface area contributed by atoms with E-state index in [9.17, 15) is 14.4 Å². The minimum Gasteiger partial charge on any atom is -0.309 e. The molecule has 0 saturated heterocycles. The van der Waals surface area contributed by atoms with Crippen LogP contribution >= 0.6 is 11.8 Å². The lowest BCUT2D eigenvalue weighted by Crippen LogP contribution is -2.18. The number of rotatable bonds is 8. The van der Waals surface area contributed by atoms with Crippen molar-refractivity contribution in [3.8, 4) is 0 Å². The van der Waals surface area contributed by atoms with Gasteiger partial charge in [-0.25, -0.2) is 4.79 Å². The standard InChI is InChI=1S/C20H19NO4S.C3H8/c1-3-7-18(21-25-20(24)14(2)22)19(23)15-10-12-17(13-11-15)26-16-8-5-4-6-9-16;1-3-2/h4-6,8-13H,3,7H2,1-2H3;3H2,1-2H3/b21-18+;. The van der Waals surface area contributed by atoms with Gasteiger partial charge in [-0.3, -0.25) is 9.59 Å². The first-order valence-corrected chi connectivity index (χ1v) is 10.4. The lowest BCUT2D eigenvalue weighted by atomic mass is 10.0. The molecule has 0 heterocycles. The van der Waals surface area contributed by atoms with Crippen LogP contribution in [0.2, 0.25) is 0 Å². The average Bonchev–Trinajstić information content (AvgIpc) is 2.72. The summed E-state index contributed by atoms with van der Waals surface area (Å²) < 4.78 is 0. The monoisotopic (exact) mass is 413 g/mol. The fourth-order valence-electron chi connectivity index (χ4n) is 2.06. The molecule has 2 aromatic carbocycles. The molecule has 0 saturated carbocycles. The molecule has 0 aliphatic heterocycles. The second-order valence-electron chi connectivity index (χ2n) is 6.20. The molecule has 2 rings (SSSR count). The third kappa shape index (κ3) is 8.87. The van der Waals surface area contributed by atoms with Crippen molar-refractivity contribution in [2.45, 2.75) is 56.7 Å². The average molecular weight is 414 g/mol. The second kappa shape index (κ2) is 13.4. The molecule has 0 N–H and O–H groups in total. The van der Waals surface area contributed by atoms with E-state index >= 15 is 0 Å². The minimum absolute atomic E-state index is 0.116. The molecule has 2 aromatic rings. The Morgan fingerprint density at radius 2 is 1.45 bits per heavy atom. The Kier molecular flexibility index (Phi) is 11.3. The Balaban J connectivity index is 0.00000132. The zero-order chi connectivity index (χ0) is 21.6. The van der Waals surface area contributed by atoms with Crippen molar-refractivity contribution in [3.63, 3.8) is 0 Å². The molecule has 6 heteroatoms. The van der Waals surface area contributed by atoms with Crippen molar-refractivity contribution >= 4 is 35.0 Å². The van der Waals surface area contributed by atoms with Crippen LogP contribution in [0, 0.1) is 0 Å². The molecule has 0 aliphatic rings. The van der Waals surface area contributed by atoms with Crippen molar-refractivity contribution in [3.05, 3.63) is 60.2 Å². The Labute approximate surface area is 176 Å². The normalized spacial score (nSPS) is 10.6. The Morgan fingerprint density at radius 3 is 1.97 bits per heavy atom. The van der Waals surface area contributed by atoms with Gasteiger partial charge in [0.05, 0.1) is 0 Å². The largest absolute Gasteiger partial charge is 0.400 e. The number of nitrogens with zero attached hydrogens (tertiary/aromatic N) is 1. The molecule has 0 aliphatic carbocycles. The van der Waals surface area contributed by atoms with Gasteiger partial charge >= 0.3 is 5.97 Å². The minimum atomic E-state index is -1.08. The molecule has 0 atom stereocenters. The smallest absolute Gasteiger partial charge is 0.309 e. The van der Waals surface area contributed by atoms with Crippen molar-refractivity contribution in [1.29, 1.82) is 0 Å². The van der Waals surface area contributed by atoms with E-state index in [1.165, 1.54) is 6.42 Å². The molecule has 29 heavy (non-hydrogen) atoms. The number of hydrogen-bond acceptors (Lipinski definition) is 6. The van der Waals surface area contributed by atoms with Crippen LogP contribution in [-0.4, -0.2) is 23.2 Å². The maximum Gasteiger partial charge on any atom is 0.400 e. The van der Waals surface area contributed by atoms with E-state index in [0.717, 1.165) is 16.7 Å². The zero-order valence-electron chi connectivity index (χ0n) is 17.3. The third-order valence-corrected chi connectivity index (χ3v) is 4.39. The molecule has 0 spiro atoms. The van der Waals surface area contributed by atoms with Crippen LogP contribution in [0.25, 0.3) is 0 Å². The van der Waals surface area contributed by atoms with Crippen molar-refractivity contribution in [2.24, 2.45) is 5.16 Å². The maximum atomic E-state index is 12.6. The first kappa shape index (κ1) is 24.3. The summed E-state index contributed by atoms with van der Waals surface area (Å²) in [7, 11) is 0. The van der Waals surface area contributed by atoms with E-state index < -0.39 is 11.8 Å². The SMILES string of the molecule is CCC.CCC/C(=N\OC(=O)C(C)=O)C(=O)c1ccc(Sc2ccccc2)cc1. The van der Waals surface area contributed by atoms with Gasteiger partial charge in [0.25, 0.3) is 0 Å². The van der Waals surface area contributed by atoms with Gasteiger partial charge < -0.3 is 4.84 Å². The van der Waals surface area contributed by atoms with Gasteiger partial charge in [0.15, 0.2) is 0 Å². The summed E-state index contributed by atoms with van der Waals surface area (Å²) in [6, 6.07) is 17.1. The number of oxime groups is 1. The van der Waals surface area contributed by atoms with Crippen molar-refractivity contribution in [2.75, 3.05) is 0 Å². The molecule has 5 nitrogen and oxygen atoms in total. The molecule has 0 fully saturated rings. The molecule has 154 valence electrons. The molecule has 0 bridgehead atoms. The van der Waals surface area contributed by atoms with Crippen LogP contribution in [0.3, 0.4) is 0 Å². The fraction of sp³-hybridized carbons (Fsp3) is 0.304. The summed E-state index contributed by atoms with van der Waals surface area (Å²) >= 11 is 1.60. The van der Waals surface area contributed by atoms with Gasteiger partial charge in [-0.2, -0.15) is 0 Å². The Hall–Kier alpha value is -2.73. The van der Waals surface area contributed by atoms with Crippen LogP contribution in [0.4, 0.5) is 0 Å². The number of carbonyl (C=O) groups excluding carboxylic acids is 3. The van der Waals surface area contributed by atoms with Crippen LogP contribution in [-0.2, 0) is 14.4 Å². The molecule has 0 unspecified atom stereocenters. The highest BCUT2D eigenvalue weighted by atomic mass is 32.2. The number of benzene rings is 2. The van der Waals surface area contributed by atoms with Gasteiger partial charge in [0.2, 0.25) is 11.6 Å². The summed E-state index contributed by atoms with van der Waals surface area (Å²) in [5.74, 6) is -2.17. The van der Waals surface area contributed by atoms with Crippen molar-refractivity contribution < 1.29 is 19.2 Å². The van der Waals surface area contributed by atoms with Gasteiger partial charge in [-0.1, -0.05) is 68.7 Å². The lowest BCUT2D eigenvalue weighted by Gasteiger charge is -2.06. The highest BCUT2D eigenvalue weighted by molar-refractivity contribution is 7.99. The zero-order valence-corrected chi connectivity index (χ0v) is 18.1. The topological polar surface area (TPSA) is 72.8 Å². The third-order valence-electron chi connectivity index (χ3n) is 3.37.